The summed E-state index contributed by atoms with van der Waals surface area (Å²) < 4.78 is 4.49. The molecule has 0 aliphatic carbocycles. The Morgan fingerprint density at radius 2 is 2.00 bits per heavy atom. The number of hydrogen-bond donors (Lipinski definition) is 1. The van der Waals surface area contributed by atoms with E-state index in [4.69, 9.17) is 0 Å². The molecule has 0 atom stereocenters. The van der Waals surface area contributed by atoms with E-state index in [1.54, 1.807) is 6.07 Å². The minimum atomic E-state index is -0.325. The molecule has 4 heteroatoms. The molecular formula is C13H17NO3. The van der Waals surface area contributed by atoms with Crippen molar-refractivity contribution in [1.29, 1.82) is 0 Å². The molecule has 0 aromatic heterocycles. The quantitative estimate of drug-likeness (QED) is 0.788. The number of ether oxygens (including phenoxy) is 1. The molecular weight excluding hydrogens is 218 g/mol. The number of nitrogens with one attached hydrogen (secondary N) is 1. The molecule has 0 heterocycles. The summed E-state index contributed by atoms with van der Waals surface area (Å²) in [5.41, 5.74) is 1.67. The molecule has 0 aliphatic heterocycles. The van der Waals surface area contributed by atoms with Crippen LogP contribution < -0.4 is 5.32 Å². The van der Waals surface area contributed by atoms with Gasteiger partial charge in [-0.3, -0.25) is 9.59 Å². The second-order valence-electron chi connectivity index (χ2n) is 3.59. The minimum absolute atomic E-state index is 0.147. The molecule has 1 aromatic carbocycles. The standard InChI is InChI=1S/C13H17NO3/c1-3-10-6-4-5-7-11(10)13(16)14-9-8-12(15)17-2/h4-7H,3,8-9H2,1-2H3,(H,14,16). The van der Waals surface area contributed by atoms with Gasteiger partial charge in [0.25, 0.3) is 5.91 Å². The number of carbonyl (C=O) groups excluding carboxylic acids is 2. The number of esters is 1. The first-order chi connectivity index (χ1) is 8.19. The van der Waals surface area contributed by atoms with Crippen LogP contribution in [0.4, 0.5) is 0 Å². The van der Waals surface area contributed by atoms with Crippen LogP contribution in [0.2, 0.25) is 0 Å². The molecule has 0 radical (unpaired) electrons. The fourth-order valence-electron chi connectivity index (χ4n) is 1.53. The highest BCUT2D eigenvalue weighted by molar-refractivity contribution is 5.95. The second-order valence-corrected chi connectivity index (χ2v) is 3.59. The molecule has 0 saturated heterocycles. The van der Waals surface area contributed by atoms with Crippen LogP contribution in [0.5, 0.6) is 0 Å². The molecule has 1 rings (SSSR count). The first-order valence-electron chi connectivity index (χ1n) is 5.62. The number of aryl methyl sites for hydroxylation is 1. The largest absolute Gasteiger partial charge is 0.469 e. The van der Waals surface area contributed by atoms with Crippen LogP contribution in [0.25, 0.3) is 0 Å². The van der Waals surface area contributed by atoms with E-state index in [0.29, 0.717) is 12.1 Å². The predicted octanol–water partition coefficient (Wildman–Crippen LogP) is 1.54. The third-order valence-corrected chi connectivity index (χ3v) is 2.49. The van der Waals surface area contributed by atoms with Crippen molar-refractivity contribution in [2.24, 2.45) is 0 Å². The van der Waals surface area contributed by atoms with E-state index in [2.05, 4.69) is 10.1 Å². The van der Waals surface area contributed by atoms with Crippen molar-refractivity contribution in [2.75, 3.05) is 13.7 Å². The highest BCUT2D eigenvalue weighted by Gasteiger charge is 2.09. The van der Waals surface area contributed by atoms with Crippen molar-refractivity contribution >= 4 is 11.9 Å². The lowest BCUT2D eigenvalue weighted by atomic mass is 10.0. The summed E-state index contributed by atoms with van der Waals surface area (Å²) in [7, 11) is 1.33. The molecule has 0 spiro atoms. The van der Waals surface area contributed by atoms with Gasteiger partial charge < -0.3 is 10.1 Å². The smallest absolute Gasteiger partial charge is 0.307 e. The van der Waals surface area contributed by atoms with Gasteiger partial charge in [0.05, 0.1) is 13.5 Å². The molecule has 92 valence electrons. The van der Waals surface area contributed by atoms with E-state index >= 15 is 0 Å². The number of carbonyl (C=O) groups is 2. The van der Waals surface area contributed by atoms with Crippen LogP contribution in [-0.4, -0.2) is 25.5 Å². The molecule has 0 saturated carbocycles. The Balaban J connectivity index is 2.55. The van der Waals surface area contributed by atoms with E-state index in [1.807, 2.05) is 25.1 Å². The highest BCUT2D eigenvalue weighted by atomic mass is 16.5. The lowest BCUT2D eigenvalue weighted by Gasteiger charge is -2.08. The zero-order valence-electron chi connectivity index (χ0n) is 10.2. The highest BCUT2D eigenvalue weighted by Crippen LogP contribution is 2.08. The fourth-order valence-corrected chi connectivity index (χ4v) is 1.53. The fraction of sp³-hybridized carbons (Fsp3) is 0.385. The van der Waals surface area contributed by atoms with Gasteiger partial charge in [-0.25, -0.2) is 0 Å². The van der Waals surface area contributed by atoms with Crippen molar-refractivity contribution in [3.63, 3.8) is 0 Å². The zero-order chi connectivity index (χ0) is 12.7. The van der Waals surface area contributed by atoms with Crippen LogP contribution >= 0.6 is 0 Å². The normalized spacial score (nSPS) is 9.76. The van der Waals surface area contributed by atoms with E-state index in [1.165, 1.54) is 7.11 Å². The summed E-state index contributed by atoms with van der Waals surface area (Å²) in [5, 5.41) is 2.70. The van der Waals surface area contributed by atoms with Crippen molar-refractivity contribution in [3.8, 4) is 0 Å². The predicted molar refractivity (Wildman–Crippen MR) is 64.8 cm³/mol. The van der Waals surface area contributed by atoms with E-state index < -0.39 is 0 Å². The van der Waals surface area contributed by atoms with Crippen molar-refractivity contribution in [3.05, 3.63) is 35.4 Å². The van der Waals surface area contributed by atoms with Crippen LogP contribution in [0.15, 0.2) is 24.3 Å². The maximum absolute atomic E-state index is 11.8. The SMILES string of the molecule is CCc1ccccc1C(=O)NCCC(=O)OC. The maximum Gasteiger partial charge on any atom is 0.307 e. The Morgan fingerprint density at radius 1 is 1.29 bits per heavy atom. The van der Waals surface area contributed by atoms with Gasteiger partial charge in [0.1, 0.15) is 0 Å². The Kier molecular flexibility index (Phi) is 5.20. The van der Waals surface area contributed by atoms with E-state index in [-0.39, 0.29) is 18.3 Å². The first-order valence-corrected chi connectivity index (χ1v) is 5.62. The summed E-state index contributed by atoms with van der Waals surface area (Å²) in [6, 6.07) is 7.44. The lowest BCUT2D eigenvalue weighted by molar-refractivity contribution is -0.140. The van der Waals surface area contributed by atoms with Crippen LogP contribution in [0.3, 0.4) is 0 Å². The number of amides is 1. The Morgan fingerprint density at radius 3 is 2.65 bits per heavy atom. The summed E-state index contributed by atoms with van der Waals surface area (Å²) in [4.78, 5) is 22.7. The molecule has 4 nitrogen and oxygen atoms in total. The monoisotopic (exact) mass is 235 g/mol. The Labute approximate surface area is 101 Å². The number of benzene rings is 1. The average molecular weight is 235 g/mol. The maximum atomic E-state index is 11.8. The third kappa shape index (κ3) is 3.90. The number of methoxy groups -OCH3 is 1. The van der Waals surface area contributed by atoms with E-state index in [9.17, 15) is 9.59 Å². The first kappa shape index (κ1) is 13.2. The van der Waals surface area contributed by atoms with E-state index in [0.717, 1.165) is 12.0 Å². The van der Waals surface area contributed by atoms with Gasteiger partial charge >= 0.3 is 5.97 Å². The zero-order valence-corrected chi connectivity index (χ0v) is 10.2. The Hall–Kier alpha value is -1.84. The second kappa shape index (κ2) is 6.68. The Bertz CT molecular complexity index is 401. The van der Waals surface area contributed by atoms with Gasteiger partial charge in [-0.05, 0) is 18.1 Å². The molecule has 0 bridgehead atoms. The topological polar surface area (TPSA) is 55.4 Å². The van der Waals surface area contributed by atoms with Crippen LogP contribution in [0.1, 0.15) is 29.3 Å². The number of rotatable bonds is 5. The minimum Gasteiger partial charge on any atom is -0.469 e. The molecule has 17 heavy (non-hydrogen) atoms. The third-order valence-electron chi connectivity index (χ3n) is 2.49. The van der Waals surface area contributed by atoms with Crippen LogP contribution in [0, 0.1) is 0 Å². The van der Waals surface area contributed by atoms with Gasteiger partial charge in [0, 0.05) is 12.1 Å². The number of hydrogen-bond acceptors (Lipinski definition) is 3. The molecule has 1 N–H and O–H groups in total. The average Bonchev–Trinajstić information content (AvgIpc) is 2.38. The summed E-state index contributed by atoms with van der Waals surface area (Å²) in [6.07, 6.45) is 0.997. The molecule has 1 amide bonds. The molecule has 1 aromatic rings. The lowest BCUT2D eigenvalue weighted by Crippen LogP contribution is -2.27. The summed E-state index contributed by atoms with van der Waals surface area (Å²) in [5.74, 6) is -0.472. The molecule has 0 fully saturated rings. The van der Waals surface area contributed by atoms with Gasteiger partial charge in [-0.15, -0.1) is 0 Å². The molecule has 0 aliphatic rings. The van der Waals surface area contributed by atoms with Gasteiger partial charge in [0.2, 0.25) is 0 Å². The van der Waals surface area contributed by atoms with Crippen molar-refractivity contribution < 1.29 is 14.3 Å². The van der Waals surface area contributed by atoms with Crippen LogP contribution in [-0.2, 0) is 16.0 Å². The summed E-state index contributed by atoms with van der Waals surface area (Å²) >= 11 is 0. The van der Waals surface area contributed by atoms with Gasteiger partial charge in [0.15, 0.2) is 0 Å². The van der Waals surface area contributed by atoms with Gasteiger partial charge in [-0.1, -0.05) is 25.1 Å². The summed E-state index contributed by atoms with van der Waals surface area (Å²) in [6.45, 7) is 2.30. The van der Waals surface area contributed by atoms with Gasteiger partial charge in [-0.2, -0.15) is 0 Å². The molecule has 0 unspecified atom stereocenters. The van der Waals surface area contributed by atoms with Crippen molar-refractivity contribution in [2.45, 2.75) is 19.8 Å². The van der Waals surface area contributed by atoms with Crippen molar-refractivity contribution in [1.82, 2.24) is 5.32 Å².